The largest absolute Gasteiger partial charge is 0.465 e. The van der Waals surface area contributed by atoms with Crippen molar-refractivity contribution < 1.29 is 14.3 Å². The van der Waals surface area contributed by atoms with Crippen LogP contribution in [0.3, 0.4) is 0 Å². The fourth-order valence-electron chi connectivity index (χ4n) is 1.70. The van der Waals surface area contributed by atoms with Gasteiger partial charge in [-0.3, -0.25) is 14.5 Å². The standard InChI is InChI=1S/C15H19N3O3/c1-3-18(11-15(20)21-4-2)10-14(19)17-13-7-5-12(9-16)6-8-13/h5-8H,3-4,10-11H2,1-2H3,(H,17,19). The van der Waals surface area contributed by atoms with Gasteiger partial charge in [0.1, 0.15) is 0 Å². The van der Waals surface area contributed by atoms with Crippen LogP contribution in [0.1, 0.15) is 19.4 Å². The number of hydrogen-bond donors (Lipinski definition) is 1. The van der Waals surface area contributed by atoms with E-state index in [4.69, 9.17) is 10.00 Å². The van der Waals surface area contributed by atoms with Crippen LogP contribution in [0.5, 0.6) is 0 Å². The van der Waals surface area contributed by atoms with Crippen LogP contribution in [0.4, 0.5) is 5.69 Å². The molecule has 1 aromatic carbocycles. The Hall–Kier alpha value is -2.39. The summed E-state index contributed by atoms with van der Waals surface area (Å²) >= 11 is 0. The smallest absolute Gasteiger partial charge is 0.320 e. The van der Waals surface area contributed by atoms with Crippen molar-refractivity contribution in [2.45, 2.75) is 13.8 Å². The Balaban J connectivity index is 2.50. The minimum absolute atomic E-state index is 0.0884. The van der Waals surface area contributed by atoms with Gasteiger partial charge < -0.3 is 10.1 Å². The van der Waals surface area contributed by atoms with Gasteiger partial charge in [-0.15, -0.1) is 0 Å². The average Bonchev–Trinajstić information content (AvgIpc) is 2.47. The molecule has 6 nitrogen and oxygen atoms in total. The van der Waals surface area contributed by atoms with E-state index in [0.29, 0.717) is 24.4 Å². The number of hydrogen-bond acceptors (Lipinski definition) is 5. The van der Waals surface area contributed by atoms with Gasteiger partial charge >= 0.3 is 5.97 Å². The lowest BCUT2D eigenvalue weighted by Crippen LogP contribution is -2.37. The van der Waals surface area contributed by atoms with Gasteiger partial charge in [0.25, 0.3) is 0 Å². The van der Waals surface area contributed by atoms with Crippen LogP contribution in [0.2, 0.25) is 0 Å². The molecule has 0 bridgehead atoms. The summed E-state index contributed by atoms with van der Waals surface area (Å²) < 4.78 is 4.86. The molecule has 21 heavy (non-hydrogen) atoms. The first kappa shape index (κ1) is 16.7. The van der Waals surface area contributed by atoms with Crippen LogP contribution in [-0.2, 0) is 14.3 Å². The first-order chi connectivity index (χ1) is 10.1. The lowest BCUT2D eigenvalue weighted by molar-refractivity contribution is -0.144. The van der Waals surface area contributed by atoms with Gasteiger partial charge in [-0.05, 0) is 37.7 Å². The summed E-state index contributed by atoms with van der Waals surface area (Å²) in [6, 6.07) is 8.60. The average molecular weight is 289 g/mol. The monoisotopic (exact) mass is 289 g/mol. The normalized spacial score (nSPS) is 10.0. The lowest BCUT2D eigenvalue weighted by Gasteiger charge is -2.18. The lowest BCUT2D eigenvalue weighted by atomic mass is 10.2. The van der Waals surface area contributed by atoms with Crippen LogP contribution in [0.15, 0.2) is 24.3 Å². The Morgan fingerprint density at radius 1 is 1.24 bits per heavy atom. The predicted molar refractivity (Wildman–Crippen MR) is 78.5 cm³/mol. The van der Waals surface area contributed by atoms with Crippen LogP contribution < -0.4 is 5.32 Å². The van der Waals surface area contributed by atoms with E-state index in [1.165, 1.54) is 0 Å². The Morgan fingerprint density at radius 3 is 2.43 bits per heavy atom. The maximum absolute atomic E-state index is 11.9. The molecule has 1 rings (SSSR count). The number of amides is 1. The summed E-state index contributed by atoms with van der Waals surface area (Å²) in [4.78, 5) is 25.0. The molecule has 0 unspecified atom stereocenters. The van der Waals surface area contributed by atoms with Gasteiger partial charge in [0.15, 0.2) is 0 Å². The number of nitrogens with one attached hydrogen (secondary N) is 1. The second-order valence-corrected chi connectivity index (χ2v) is 4.35. The Morgan fingerprint density at radius 2 is 1.90 bits per heavy atom. The number of nitriles is 1. The molecule has 0 aliphatic heterocycles. The zero-order valence-corrected chi connectivity index (χ0v) is 12.3. The second kappa shape index (κ2) is 8.72. The van der Waals surface area contributed by atoms with Crippen molar-refractivity contribution >= 4 is 17.6 Å². The van der Waals surface area contributed by atoms with Gasteiger partial charge in [-0.1, -0.05) is 6.92 Å². The highest BCUT2D eigenvalue weighted by Crippen LogP contribution is 2.08. The maximum atomic E-state index is 11.9. The minimum Gasteiger partial charge on any atom is -0.465 e. The molecule has 0 saturated carbocycles. The molecule has 0 spiro atoms. The van der Waals surface area contributed by atoms with Crippen LogP contribution in [-0.4, -0.2) is 43.0 Å². The van der Waals surface area contributed by atoms with Gasteiger partial charge in [-0.25, -0.2) is 0 Å². The molecule has 0 aromatic heterocycles. The zero-order chi connectivity index (χ0) is 15.7. The van der Waals surface area contributed by atoms with Crippen molar-refractivity contribution in [1.82, 2.24) is 4.90 Å². The van der Waals surface area contributed by atoms with Crippen molar-refractivity contribution in [3.8, 4) is 6.07 Å². The number of carbonyl (C=O) groups is 2. The highest BCUT2D eigenvalue weighted by Gasteiger charge is 2.13. The van der Waals surface area contributed by atoms with E-state index in [9.17, 15) is 9.59 Å². The molecule has 0 aliphatic carbocycles. The highest BCUT2D eigenvalue weighted by atomic mass is 16.5. The number of nitrogens with zero attached hydrogens (tertiary/aromatic N) is 2. The molecule has 1 aromatic rings. The molecule has 6 heteroatoms. The Labute approximate surface area is 124 Å². The molecule has 0 aliphatic rings. The predicted octanol–water partition coefficient (Wildman–Crippen LogP) is 1.38. The van der Waals surface area contributed by atoms with Crippen molar-refractivity contribution in [2.24, 2.45) is 0 Å². The van der Waals surface area contributed by atoms with Gasteiger partial charge in [-0.2, -0.15) is 5.26 Å². The zero-order valence-electron chi connectivity index (χ0n) is 12.3. The van der Waals surface area contributed by atoms with E-state index in [1.807, 2.05) is 13.0 Å². The van der Waals surface area contributed by atoms with E-state index < -0.39 is 0 Å². The number of likely N-dealkylation sites (N-methyl/N-ethyl adjacent to an activating group) is 1. The van der Waals surface area contributed by atoms with Gasteiger partial charge in [0.05, 0.1) is 31.3 Å². The Kier molecular flexibility index (Phi) is 6.92. The molecule has 1 N–H and O–H groups in total. The summed E-state index contributed by atoms with van der Waals surface area (Å²) in [5.41, 5.74) is 1.15. The maximum Gasteiger partial charge on any atom is 0.320 e. The first-order valence-electron chi connectivity index (χ1n) is 6.77. The van der Waals surface area contributed by atoms with Gasteiger partial charge in [0, 0.05) is 5.69 Å². The molecule has 0 saturated heterocycles. The molecule has 112 valence electrons. The van der Waals surface area contributed by atoms with Crippen LogP contribution in [0.25, 0.3) is 0 Å². The quantitative estimate of drug-likeness (QED) is 0.767. The summed E-state index contributed by atoms with van der Waals surface area (Å²) in [5, 5.41) is 11.4. The van der Waals surface area contributed by atoms with Gasteiger partial charge in [0.2, 0.25) is 5.91 Å². The molecular formula is C15H19N3O3. The van der Waals surface area contributed by atoms with E-state index in [1.54, 1.807) is 36.1 Å². The molecule has 0 radical (unpaired) electrons. The van der Waals surface area contributed by atoms with E-state index >= 15 is 0 Å². The Bertz CT molecular complexity index is 520. The molecule has 0 fully saturated rings. The summed E-state index contributed by atoms with van der Waals surface area (Å²) in [6.45, 7) is 4.70. The number of carbonyl (C=O) groups excluding carboxylic acids is 2. The molecule has 1 amide bonds. The number of ether oxygens (including phenoxy) is 1. The molecular weight excluding hydrogens is 270 g/mol. The topological polar surface area (TPSA) is 82.4 Å². The summed E-state index contributed by atoms with van der Waals surface area (Å²) in [7, 11) is 0. The van der Waals surface area contributed by atoms with E-state index in [2.05, 4.69) is 5.32 Å². The molecule has 0 heterocycles. The summed E-state index contributed by atoms with van der Waals surface area (Å²) in [5.74, 6) is -0.559. The number of benzene rings is 1. The van der Waals surface area contributed by atoms with Crippen LogP contribution in [0, 0.1) is 11.3 Å². The number of anilines is 1. The SMILES string of the molecule is CCOC(=O)CN(CC)CC(=O)Nc1ccc(C#N)cc1. The number of rotatable bonds is 7. The summed E-state index contributed by atoms with van der Waals surface area (Å²) in [6.07, 6.45) is 0. The van der Waals surface area contributed by atoms with Crippen molar-refractivity contribution in [3.63, 3.8) is 0 Å². The van der Waals surface area contributed by atoms with Crippen LogP contribution >= 0.6 is 0 Å². The van der Waals surface area contributed by atoms with Crippen molar-refractivity contribution in [1.29, 1.82) is 5.26 Å². The third-order valence-corrected chi connectivity index (χ3v) is 2.77. The fourth-order valence-corrected chi connectivity index (χ4v) is 1.70. The number of esters is 1. The second-order valence-electron chi connectivity index (χ2n) is 4.35. The highest BCUT2D eigenvalue weighted by molar-refractivity contribution is 5.92. The van der Waals surface area contributed by atoms with Crippen molar-refractivity contribution in [3.05, 3.63) is 29.8 Å². The fraction of sp³-hybridized carbons (Fsp3) is 0.400. The van der Waals surface area contributed by atoms with E-state index in [0.717, 1.165) is 0 Å². The van der Waals surface area contributed by atoms with Crippen molar-refractivity contribution in [2.75, 3.05) is 31.6 Å². The first-order valence-corrected chi connectivity index (χ1v) is 6.77. The third kappa shape index (κ3) is 6.06. The van der Waals surface area contributed by atoms with E-state index in [-0.39, 0.29) is 25.0 Å². The minimum atomic E-state index is -0.342. The third-order valence-electron chi connectivity index (χ3n) is 2.77. The molecule has 0 atom stereocenters.